The molecule has 1 heterocycles. The lowest BCUT2D eigenvalue weighted by atomic mass is 10.1. The van der Waals surface area contributed by atoms with Crippen LogP contribution in [0.4, 0.5) is 27.6 Å². The highest BCUT2D eigenvalue weighted by atomic mass is 19.4. The van der Waals surface area contributed by atoms with Gasteiger partial charge in [0.05, 0.1) is 43.1 Å². The summed E-state index contributed by atoms with van der Waals surface area (Å²) in [7, 11) is 1.35. The molecule has 3 rings (SSSR count). The number of methoxy groups -OCH3 is 1. The Morgan fingerprint density at radius 3 is 2.44 bits per heavy atom. The number of anilines is 1. The maximum atomic E-state index is 12.7. The van der Waals surface area contributed by atoms with E-state index in [1.54, 1.807) is 4.90 Å². The number of alkyl halides is 5. The first-order chi connectivity index (χ1) is 15.1. The van der Waals surface area contributed by atoms with Crippen molar-refractivity contribution in [3.8, 4) is 11.5 Å². The van der Waals surface area contributed by atoms with E-state index in [1.165, 1.54) is 37.4 Å². The van der Waals surface area contributed by atoms with Crippen molar-refractivity contribution in [3.05, 3.63) is 53.6 Å². The van der Waals surface area contributed by atoms with Crippen LogP contribution in [-0.4, -0.2) is 50.1 Å². The number of hydrogen-bond acceptors (Lipinski definition) is 5. The van der Waals surface area contributed by atoms with E-state index < -0.39 is 36.5 Å². The second-order valence-corrected chi connectivity index (χ2v) is 7.09. The van der Waals surface area contributed by atoms with Gasteiger partial charge in [-0.1, -0.05) is 0 Å². The van der Waals surface area contributed by atoms with E-state index in [2.05, 4.69) is 4.74 Å². The van der Waals surface area contributed by atoms with E-state index in [0.717, 1.165) is 12.1 Å². The van der Waals surface area contributed by atoms with Gasteiger partial charge in [0.1, 0.15) is 17.6 Å². The molecule has 0 radical (unpaired) electrons. The molecule has 32 heavy (non-hydrogen) atoms. The lowest BCUT2D eigenvalue weighted by Gasteiger charge is -2.27. The summed E-state index contributed by atoms with van der Waals surface area (Å²) >= 11 is 0. The van der Waals surface area contributed by atoms with Gasteiger partial charge in [0.15, 0.2) is 0 Å². The summed E-state index contributed by atoms with van der Waals surface area (Å²) in [6.07, 6.45) is -4.77. The summed E-state index contributed by atoms with van der Waals surface area (Å²) in [5, 5.41) is 9.17. The van der Waals surface area contributed by atoms with Crippen LogP contribution in [0.2, 0.25) is 0 Å². The lowest BCUT2D eigenvalue weighted by molar-refractivity contribution is -0.137. The van der Waals surface area contributed by atoms with Gasteiger partial charge in [-0.25, -0.2) is 4.79 Å². The van der Waals surface area contributed by atoms with E-state index >= 15 is 0 Å². The minimum Gasteiger partial charge on any atom is -0.495 e. The van der Waals surface area contributed by atoms with Crippen LogP contribution in [0.15, 0.2) is 42.5 Å². The Labute approximate surface area is 180 Å². The molecular formula is C21H20F5NO5. The van der Waals surface area contributed by atoms with E-state index in [0.29, 0.717) is 5.69 Å². The van der Waals surface area contributed by atoms with Crippen molar-refractivity contribution in [1.29, 1.82) is 0 Å². The number of aromatic carboxylic acids is 1. The second kappa shape index (κ2) is 9.60. The molecule has 1 aliphatic rings. The minimum absolute atomic E-state index is 0.0114. The van der Waals surface area contributed by atoms with Crippen molar-refractivity contribution < 1.29 is 46.1 Å². The smallest absolute Gasteiger partial charge is 0.416 e. The third-order valence-corrected chi connectivity index (χ3v) is 5.01. The summed E-state index contributed by atoms with van der Waals surface area (Å²) in [5.74, 6) is -0.730. The first-order valence-corrected chi connectivity index (χ1v) is 9.50. The van der Waals surface area contributed by atoms with Gasteiger partial charge in [0.25, 0.3) is 0 Å². The zero-order chi connectivity index (χ0) is 23.5. The molecule has 0 aromatic heterocycles. The van der Waals surface area contributed by atoms with Gasteiger partial charge in [-0.3, -0.25) is 0 Å². The fraction of sp³-hybridized carbons (Fsp3) is 0.381. The van der Waals surface area contributed by atoms with Crippen LogP contribution in [0.25, 0.3) is 0 Å². The van der Waals surface area contributed by atoms with E-state index in [1.807, 2.05) is 0 Å². The fourth-order valence-electron chi connectivity index (χ4n) is 3.56. The molecule has 0 bridgehead atoms. The number of benzene rings is 2. The van der Waals surface area contributed by atoms with Crippen LogP contribution >= 0.6 is 0 Å². The Balaban J connectivity index is 1.81. The van der Waals surface area contributed by atoms with Crippen molar-refractivity contribution in [3.63, 3.8) is 0 Å². The molecule has 1 saturated heterocycles. The number of halogens is 5. The highest BCUT2D eigenvalue weighted by Gasteiger charge is 2.36. The number of rotatable bonds is 8. The molecule has 2 aromatic carbocycles. The topological polar surface area (TPSA) is 68.2 Å². The highest BCUT2D eigenvalue weighted by molar-refractivity contribution is 5.89. The maximum Gasteiger partial charge on any atom is 0.416 e. The molecule has 174 valence electrons. The monoisotopic (exact) mass is 461 g/mol. The van der Waals surface area contributed by atoms with Gasteiger partial charge >= 0.3 is 18.8 Å². The fourth-order valence-corrected chi connectivity index (χ4v) is 3.56. The number of carboxylic acid groups (broad SMARTS) is 1. The predicted octanol–water partition coefficient (Wildman–Crippen LogP) is 4.68. The number of hydrogen-bond donors (Lipinski definition) is 1. The second-order valence-electron chi connectivity index (χ2n) is 7.09. The Morgan fingerprint density at radius 1 is 1.19 bits per heavy atom. The standard InChI is InChI=1S/C21H20F5NO5/c1-30-18-8-12(19(28)29)2-7-17(18)27-10-16(9-14(27)11-31-20(22)23)32-15-5-3-13(4-6-15)21(24,25)26/h2-8,14,16,20H,9-11H2,1H3,(H,28,29)/t14-,16-/m0/s1. The van der Waals surface area contributed by atoms with Crippen molar-refractivity contribution in [1.82, 2.24) is 0 Å². The van der Waals surface area contributed by atoms with Gasteiger partial charge in [-0.15, -0.1) is 0 Å². The summed E-state index contributed by atoms with van der Waals surface area (Å²) in [6.45, 7) is -3.13. The summed E-state index contributed by atoms with van der Waals surface area (Å²) in [5.41, 5.74) is -0.369. The van der Waals surface area contributed by atoms with Crippen LogP contribution in [0.5, 0.6) is 11.5 Å². The molecule has 2 aromatic rings. The quantitative estimate of drug-likeness (QED) is 0.576. The predicted molar refractivity (Wildman–Crippen MR) is 104 cm³/mol. The van der Waals surface area contributed by atoms with Crippen molar-refractivity contribution >= 4 is 11.7 Å². The molecule has 0 spiro atoms. The lowest BCUT2D eigenvalue weighted by Crippen LogP contribution is -2.34. The SMILES string of the molecule is COc1cc(C(=O)O)ccc1N1C[C@@H](Oc2ccc(C(F)(F)F)cc2)C[C@H]1COC(F)F. The van der Waals surface area contributed by atoms with Gasteiger partial charge in [0.2, 0.25) is 0 Å². The third-order valence-electron chi connectivity index (χ3n) is 5.01. The van der Waals surface area contributed by atoms with Gasteiger partial charge in [-0.05, 0) is 42.5 Å². The third kappa shape index (κ3) is 5.58. The van der Waals surface area contributed by atoms with Crippen molar-refractivity contribution in [2.75, 3.05) is 25.2 Å². The molecule has 0 unspecified atom stereocenters. The minimum atomic E-state index is -4.47. The molecule has 6 nitrogen and oxygen atoms in total. The molecule has 11 heteroatoms. The molecule has 0 saturated carbocycles. The number of ether oxygens (including phenoxy) is 3. The zero-order valence-electron chi connectivity index (χ0n) is 16.8. The van der Waals surface area contributed by atoms with Crippen molar-refractivity contribution in [2.45, 2.75) is 31.4 Å². The molecule has 1 aliphatic heterocycles. The van der Waals surface area contributed by atoms with Crippen LogP contribution in [0.3, 0.4) is 0 Å². The molecule has 1 fully saturated rings. The van der Waals surface area contributed by atoms with Crippen LogP contribution in [0.1, 0.15) is 22.3 Å². The first kappa shape index (κ1) is 23.6. The van der Waals surface area contributed by atoms with E-state index in [9.17, 15) is 31.9 Å². The summed E-state index contributed by atoms with van der Waals surface area (Å²) in [4.78, 5) is 12.9. The zero-order valence-corrected chi connectivity index (χ0v) is 16.8. The Kier molecular flexibility index (Phi) is 7.07. The van der Waals surface area contributed by atoms with Gasteiger partial charge in [0, 0.05) is 6.42 Å². The highest BCUT2D eigenvalue weighted by Crippen LogP contribution is 2.36. The Morgan fingerprint density at radius 2 is 1.88 bits per heavy atom. The van der Waals surface area contributed by atoms with Gasteiger partial charge < -0.3 is 24.2 Å². The maximum absolute atomic E-state index is 12.7. The largest absolute Gasteiger partial charge is 0.495 e. The van der Waals surface area contributed by atoms with Gasteiger partial charge in [-0.2, -0.15) is 22.0 Å². The average Bonchev–Trinajstić information content (AvgIpc) is 3.13. The first-order valence-electron chi connectivity index (χ1n) is 9.50. The molecule has 0 aliphatic carbocycles. The Bertz CT molecular complexity index is 935. The van der Waals surface area contributed by atoms with Crippen LogP contribution < -0.4 is 14.4 Å². The summed E-state index contributed by atoms with van der Waals surface area (Å²) in [6, 6.07) is 7.78. The van der Waals surface area contributed by atoms with E-state index in [-0.39, 0.29) is 36.6 Å². The van der Waals surface area contributed by atoms with E-state index in [4.69, 9.17) is 9.47 Å². The van der Waals surface area contributed by atoms with Crippen LogP contribution in [-0.2, 0) is 10.9 Å². The van der Waals surface area contributed by atoms with Crippen molar-refractivity contribution in [2.24, 2.45) is 0 Å². The molecule has 0 amide bonds. The summed E-state index contributed by atoms with van der Waals surface area (Å²) < 4.78 is 79.0. The molecular weight excluding hydrogens is 441 g/mol. The average molecular weight is 461 g/mol. The molecule has 2 atom stereocenters. The molecule has 1 N–H and O–H groups in total. The Hall–Kier alpha value is -3.08. The number of carboxylic acids is 1. The number of nitrogens with zero attached hydrogens (tertiary/aromatic N) is 1. The number of carbonyl (C=O) groups is 1. The normalized spacial score (nSPS) is 18.8. The van der Waals surface area contributed by atoms with Crippen LogP contribution in [0, 0.1) is 0 Å².